The van der Waals surface area contributed by atoms with Crippen LogP contribution in [0.3, 0.4) is 0 Å². The van der Waals surface area contributed by atoms with E-state index in [1.165, 1.54) is 0 Å². The van der Waals surface area contributed by atoms with Gasteiger partial charge in [0, 0.05) is 31.2 Å². The quantitative estimate of drug-likeness (QED) is 0.363. The van der Waals surface area contributed by atoms with E-state index in [1.54, 1.807) is 24.3 Å². The average molecular weight is 480 g/mol. The van der Waals surface area contributed by atoms with Crippen LogP contribution in [0.25, 0.3) is 0 Å². The molecule has 0 spiro atoms. The molecule has 1 heterocycles. The molecule has 188 valence electrons. The average Bonchev–Trinajstić information content (AvgIpc) is 2.87. The maximum absolute atomic E-state index is 13.7. The van der Waals surface area contributed by atoms with Gasteiger partial charge in [-0.2, -0.15) is 0 Å². The molecule has 0 unspecified atom stereocenters. The summed E-state index contributed by atoms with van der Waals surface area (Å²) in [5.41, 5.74) is 13.1. The number of nitrogens with zero attached hydrogens (tertiary/aromatic N) is 1. The van der Waals surface area contributed by atoms with Crippen LogP contribution in [-0.4, -0.2) is 60.9 Å². The fourth-order valence-electron chi connectivity index (χ4n) is 4.59. The summed E-state index contributed by atoms with van der Waals surface area (Å²) in [6.45, 7) is 4.49. The maximum Gasteiger partial charge on any atom is 0.249 e. The monoisotopic (exact) mass is 479 g/mol. The molecule has 35 heavy (non-hydrogen) atoms. The van der Waals surface area contributed by atoms with Gasteiger partial charge in [0.05, 0.1) is 5.92 Å². The van der Waals surface area contributed by atoms with E-state index in [0.29, 0.717) is 43.6 Å². The van der Waals surface area contributed by atoms with Crippen molar-refractivity contribution in [3.05, 3.63) is 71.3 Å². The van der Waals surface area contributed by atoms with Gasteiger partial charge in [-0.25, -0.2) is 0 Å². The van der Waals surface area contributed by atoms with E-state index in [2.05, 4.69) is 10.6 Å². The zero-order valence-electron chi connectivity index (χ0n) is 20.4. The summed E-state index contributed by atoms with van der Waals surface area (Å²) in [7, 11) is 0. The Bertz CT molecular complexity index is 997. The number of piperazine rings is 1. The zero-order valence-corrected chi connectivity index (χ0v) is 20.4. The van der Waals surface area contributed by atoms with Gasteiger partial charge in [0.2, 0.25) is 17.7 Å². The summed E-state index contributed by atoms with van der Waals surface area (Å²) in [5, 5.41) is 6.37. The fraction of sp³-hybridized carbons (Fsp3) is 0.444. The van der Waals surface area contributed by atoms with Crippen LogP contribution in [0.2, 0.25) is 0 Å². The van der Waals surface area contributed by atoms with E-state index in [-0.39, 0.29) is 17.9 Å². The second-order valence-corrected chi connectivity index (χ2v) is 9.18. The second-order valence-electron chi connectivity index (χ2n) is 9.18. The van der Waals surface area contributed by atoms with Crippen molar-refractivity contribution >= 4 is 17.7 Å². The highest BCUT2D eigenvalue weighted by molar-refractivity contribution is 5.98. The Morgan fingerprint density at radius 3 is 2.49 bits per heavy atom. The van der Waals surface area contributed by atoms with Crippen LogP contribution >= 0.6 is 0 Å². The molecule has 3 rings (SSSR count). The van der Waals surface area contributed by atoms with Crippen molar-refractivity contribution in [2.24, 2.45) is 11.5 Å². The molecule has 3 atom stereocenters. The van der Waals surface area contributed by atoms with E-state index in [9.17, 15) is 14.4 Å². The standard InChI is InChI=1S/C27H37N5O3/c1-19-18-32(16-15-30-19)27(35)24(13-7-8-14-28)31-26(34)23(17-20-9-3-2-4-10-20)21-11-5-6-12-22(21)25(29)33/h2-6,9-12,19,23-24,30H,7-8,13-18,28H2,1H3,(H2,29,33)(H,31,34)/t19-,23+,24+/m1/s1. The lowest BCUT2D eigenvalue weighted by Gasteiger charge is -2.35. The van der Waals surface area contributed by atoms with Crippen molar-refractivity contribution in [1.82, 2.24) is 15.5 Å². The molecule has 0 radical (unpaired) electrons. The molecular formula is C27H37N5O3. The van der Waals surface area contributed by atoms with E-state index in [0.717, 1.165) is 24.9 Å². The first-order chi connectivity index (χ1) is 16.9. The van der Waals surface area contributed by atoms with Crippen molar-refractivity contribution in [2.45, 2.75) is 50.6 Å². The van der Waals surface area contributed by atoms with Crippen LogP contribution in [0.4, 0.5) is 0 Å². The number of hydrogen-bond donors (Lipinski definition) is 4. The van der Waals surface area contributed by atoms with Gasteiger partial charge in [0.15, 0.2) is 0 Å². The van der Waals surface area contributed by atoms with Gasteiger partial charge in [-0.05, 0) is 56.3 Å². The largest absolute Gasteiger partial charge is 0.366 e. The Labute approximate surface area is 207 Å². The van der Waals surface area contributed by atoms with E-state index in [4.69, 9.17) is 11.5 Å². The van der Waals surface area contributed by atoms with E-state index in [1.807, 2.05) is 42.2 Å². The summed E-state index contributed by atoms with van der Waals surface area (Å²) >= 11 is 0. The molecule has 1 aliphatic rings. The molecule has 1 fully saturated rings. The lowest BCUT2D eigenvalue weighted by atomic mass is 9.87. The number of carbonyl (C=O) groups is 3. The molecule has 6 N–H and O–H groups in total. The summed E-state index contributed by atoms with van der Waals surface area (Å²) in [6, 6.07) is 16.1. The van der Waals surface area contributed by atoms with Crippen LogP contribution in [0.15, 0.2) is 54.6 Å². The highest BCUT2D eigenvalue weighted by Crippen LogP contribution is 2.25. The van der Waals surface area contributed by atoms with Crippen LogP contribution < -0.4 is 22.1 Å². The minimum atomic E-state index is -0.673. The molecule has 0 aromatic heterocycles. The fourth-order valence-corrected chi connectivity index (χ4v) is 4.59. The van der Waals surface area contributed by atoms with Crippen molar-refractivity contribution in [3.8, 4) is 0 Å². The van der Waals surface area contributed by atoms with Crippen molar-refractivity contribution in [1.29, 1.82) is 0 Å². The Morgan fingerprint density at radius 1 is 1.09 bits per heavy atom. The number of nitrogens with one attached hydrogen (secondary N) is 2. The molecular weight excluding hydrogens is 442 g/mol. The third-order valence-electron chi connectivity index (χ3n) is 6.44. The van der Waals surface area contributed by atoms with Gasteiger partial charge in [-0.3, -0.25) is 14.4 Å². The van der Waals surface area contributed by atoms with Gasteiger partial charge >= 0.3 is 0 Å². The molecule has 2 aromatic rings. The molecule has 1 aliphatic heterocycles. The smallest absolute Gasteiger partial charge is 0.249 e. The Hall–Kier alpha value is -3.23. The number of unbranched alkanes of at least 4 members (excludes halogenated alkanes) is 1. The highest BCUT2D eigenvalue weighted by Gasteiger charge is 2.32. The van der Waals surface area contributed by atoms with Crippen molar-refractivity contribution in [3.63, 3.8) is 0 Å². The first kappa shape index (κ1) is 26.4. The first-order valence-corrected chi connectivity index (χ1v) is 12.4. The number of hydrogen-bond acceptors (Lipinski definition) is 5. The number of rotatable bonds is 11. The Morgan fingerprint density at radius 2 is 1.80 bits per heavy atom. The number of primary amides is 1. The molecule has 3 amide bonds. The third-order valence-corrected chi connectivity index (χ3v) is 6.44. The molecule has 1 saturated heterocycles. The predicted molar refractivity (Wildman–Crippen MR) is 137 cm³/mol. The van der Waals surface area contributed by atoms with Crippen LogP contribution in [0.5, 0.6) is 0 Å². The van der Waals surface area contributed by atoms with Crippen molar-refractivity contribution < 1.29 is 14.4 Å². The van der Waals surface area contributed by atoms with Crippen LogP contribution in [0.1, 0.15) is 53.6 Å². The second kappa shape index (κ2) is 13.0. The number of amides is 3. The molecule has 2 aromatic carbocycles. The summed E-state index contributed by atoms with van der Waals surface area (Å²) in [4.78, 5) is 41.2. The minimum Gasteiger partial charge on any atom is -0.366 e. The number of benzene rings is 2. The third kappa shape index (κ3) is 7.37. The molecule has 0 aliphatic carbocycles. The van der Waals surface area contributed by atoms with E-state index < -0.39 is 17.9 Å². The Balaban J connectivity index is 1.88. The van der Waals surface area contributed by atoms with Gasteiger partial charge < -0.3 is 27.0 Å². The van der Waals surface area contributed by atoms with Crippen LogP contribution in [0, 0.1) is 0 Å². The summed E-state index contributed by atoms with van der Waals surface area (Å²) in [5.74, 6) is -1.63. The lowest BCUT2D eigenvalue weighted by Crippen LogP contribution is -2.57. The predicted octanol–water partition coefficient (Wildman–Crippen LogP) is 1.55. The molecule has 8 heteroatoms. The first-order valence-electron chi connectivity index (χ1n) is 12.4. The SMILES string of the molecule is C[C@@H]1CN(C(=O)[C@H](CCCCN)NC(=O)[C@@H](Cc2ccccc2)c2ccccc2C(N)=O)CCN1. The van der Waals surface area contributed by atoms with Gasteiger partial charge in [0.25, 0.3) is 0 Å². The van der Waals surface area contributed by atoms with Crippen molar-refractivity contribution in [2.75, 3.05) is 26.2 Å². The molecule has 0 bridgehead atoms. The molecule has 8 nitrogen and oxygen atoms in total. The van der Waals surface area contributed by atoms with Gasteiger partial charge in [-0.1, -0.05) is 48.5 Å². The molecule has 0 saturated carbocycles. The van der Waals surface area contributed by atoms with Gasteiger partial charge in [-0.15, -0.1) is 0 Å². The Kier molecular flexibility index (Phi) is 9.81. The normalized spacial score (nSPS) is 17.4. The van der Waals surface area contributed by atoms with Gasteiger partial charge in [0.1, 0.15) is 6.04 Å². The van der Waals surface area contributed by atoms with Crippen LogP contribution in [-0.2, 0) is 16.0 Å². The minimum absolute atomic E-state index is 0.0784. The maximum atomic E-state index is 13.7. The summed E-state index contributed by atoms with van der Waals surface area (Å²) in [6.07, 6.45) is 2.40. The zero-order chi connectivity index (χ0) is 25.2. The topological polar surface area (TPSA) is 131 Å². The lowest BCUT2D eigenvalue weighted by molar-refractivity contribution is -0.138. The van der Waals surface area contributed by atoms with E-state index >= 15 is 0 Å². The number of nitrogens with two attached hydrogens (primary N) is 2. The summed E-state index contributed by atoms with van der Waals surface area (Å²) < 4.78 is 0. The highest BCUT2D eigenvalue weighted by atomic mass is 16.2. The number of carbonyl (C=O) groups excluding carboxylic acids is 3.